The van der Waals surface area contributed by atoms with Crippen molar-refractivity contribution in [3.63, 3.8) is 0 Å². The largest absolute Gasteiger partial charge is 0.355 e. The molecule has 1 amide bonds. The predicted octanol–water partition coefficient (Wildman–Crippen LogP) is 2.27. The molecule has 0 N–H and O–H groups in total. The van der Waals surface area contributed by atoms with E-state index in [0.29, 0.717) is 5.91 Å². The first-order valence-corrected chi connectivity index (χ1v) is 9.07. The highest BCUT2D eigenvalue weighted by Crippen LogP contribution is 2.27. The van der Waals surface area contributed by atoms with Gasteiger partial charge in [0.2, 0.25) is 5.91 Å². The monoisotopic (exact) mass is 327 g/mol. The maximum atomic E-state index is 12.7. The Morgan fingerprint density at radius 3 is 2.62 bits per heavy atom. The van der Waals surface area contributed by atoms with Crippen molar-refractivity contribution in [1.82, 2.24) is 19.5 Å². The van der Waals surface area contributed by atoms with Crippen LogP contribution in [0, 0.1) is 12.8 Å². The van der Waals surface area contributed by atoms with Crippen LogP contribution in [0.4, 0.5) is 5.82 Å². The second-order valence-corrected chi connectivity index (χ2v) is 7.01. The Labute approximate surface area is 142 Å². The van der Waals surface area contributed by atoms with E-state index in [0.717, 1.165) is 68.9 Å². The molecule has 2 fully saturated rings. The first kappa shape index (κ1) is 15.4. The Morgan fingerprint density at radius 2 is 1.88 bits per heavy atom. The first-order chi connectivity index (χ1) is 11.7. The van der Waals surface area contributed by atoms with Crippen LogP contribution in [0.5, 0.6) is 0 Å². The molecule has 0 bridgehead atoms. The quantitative estimate of drug-likeness (QED) is 0.849. The van der Waals surface area contributed by atoms with Gasteiger partial charge >= 0.3 is 0 Å². The van der Waals surface area contributed by atoms with Crippen LogP contribution in [0.2, 0.25) is 0 Å². The van der Waals surface area contributed by atoms with E-state index >= 15 is 0 Å². The third-order valence-corrected chi connectivity index (χ3v) is 5.30. The summed E-state index contributed by atoms with van der Waals surface area (Å²) in [6.07, 6.45) is 9.13. The number of hydrogen-bond donors (Lipinski definition) is 0. The highest BCUT2D eigenvalue weighted by atomic mass is 16.2. The first-order valence-electron chi connectivity index (χ1n) is 9.07. The lowest BCUT2D eigenvalue weighted by Crippen LogP contribution is -2.44. The second-order valence-electron chi connectivity index (χ2n) is 7.01. The molecule has 6 nitrogen and oxygen atoms in total. The van der Waals surface area contributed by atoms with Crippen LogP contribution in [0.15, 0.2) is 18.5 Å². The van der Waals surface area contributed by atoms with Crippen molar-refractivity contribution in [1.29, 1.82) is 0 Å². The second kappa shape index (κ2) is 6.42. The normalized spacial score (nSPS) is 19.9. The molecule has 0 radical (unpaired) electrons. The summed E-state index contributed by atoms with van der Waals surface area (Å²) in [5.74, 6) is 1.55. The zero-order valence-corrected chi connectivity index (χ0v) is 14.3. The van der Waals surface area contributed by atoms with Gasteiger partial charge in [0.25, 0.3) is 0 Å². The lowest BCUT2D eigenvalue weighted by atomic mass is 9.94. The molecule has 0 atom stereocenters. The average Bonchev–Trinajstić information content (AvgIpc) is 3.02. The molecule has 0 spiro atoms. The molecule has 2 aromatic rings. The van der Waals surface area contributed by atoms with Gasteiger partial charge < -0.3 is 9.80 Å². The van der Waals surface area contributed by atoms with Crippen molar-refractivity contribution >= 4 is 17.2 Å². The van der Waals surface area contributed by atoms with E-state index in [4.69, 9.17) is 0 Å². The van der Waals surface area contributed by atoms with Crippen molar-refractivity contribution in [3.05, 3.63) is 24.2 Å². The minimum atomic E-state index is 0.186. The molecular weight excluding hydrogens is 302 g/mol. The van der Waals surface area contributed by atoms with Gasteiger partial charge in [-0.15, -0.1) is 0 Å². The Kier molecular flexibility index (Phi) is 4.12. The number of rotatable bonds is 2. The lowest BCUT2D eigenvalue weighted by Gasteiger charge is -2.36. The third kappa shape index (κ3) is 2.85. The molecule has 4 rings (SSSR count). The molecule has 0 aromatic carbocycles. The molecule has 0 aliphatic carbocycles. The number of piperidine rings is 2. The number of likely N-dealkylation sites (tertiary alicyclic amines) is 1. The van der Waals surface area contributed by atoms with Gasteiger partial charge in [-0.25, -0.2) is 9.50 Å². The maximum absolute atomic E-state index is 12.7. The minimum Gasteiger partial charge on any atom is -0.355 e. The van der Waals surface area contributed by atoms with Gasteiger partial charge in [-0.3, -0.25) is 4.79 Å². The van der Waals surface area contributed by atoms with E-state index < -0.39 is 0 Å². The number of carbonyl (C=O) groups excluding carboxylic acids is 1. The number of aromatic nitrogens is 3. The Balaban J connectivity index is 1.44. The number of anilines is 1. The fraction of sp³-hybridized carbons (Fsp3) is 0.611. The minimum absolute atomic E-state index is 0.186. The van der Waals surface area contributed by atoms with E-state index in [9.17, 15) is 4.79 Å². The highest BCUT2D eigenvalue weighted by molar-refractivity contribution is 5.79. The smallest absolute Gasteiger partial charge is 0.225 e. The summed E-state index contributed by atoms with van der Waals surface area (Å²) in [7, 11) is 0. The maximum Gasteiger partial charge on any atom is 0.225 e. The van der Waals surface area contributed by atoms with Gasteiger partial charge in [0, 0.05) is 44.5 Å². The van der Waals surface area contributed by atoms with Crippen molar-refractivity contribution in [2.75, 3.05) is 31.1 Å². The van der Waals surface area contributed by atoms with E-state index in [1.54, 1.807) is 6.20 Å². The summed E-state index contributed by atoms with van der Waals surface area (Å²) in [6.45, 7) is 5.69. The summed E-state index contributed by atoms with van der Waals surface area (Å²) in [5.41, 5.74) is 2.05. The van der Waals surface area contributed by atoms with Gasteiger partial charge in [0.05, 0.1) is 5.69 Å². The summed E-state index contributed by atoms with van der Waals surface area (Å²) in [6, 6.07) is 2.08. The van der Waals surface area contributed by atoms with Crippen molar-refractivity contribution in [2.24, 2.45) is 5.92 Å². The van der Waals surface area contributed by atoms with Crippen LogP contribution < -0.4 is 4.90 Å². The van der Waals surface area contributed by atoms with Gasteiger partial charge in [-0.05, 0) is 45.1 Å². The number of aryl methyl sites for hydroxylation is 1. The number of fused-ring (bicyclic) bond motifs is 1. The Bertz CT molecular complexity index is 726. The zero-order chi connectivity index (χ0) is 16.5. The molecule has 2 saturated heterocycles. The molecule has 4 heterocycles. The molecule has 2 aliphatic heterocycles. The van der Waals surface area contributed by atoms with Gasteiger partial charge in [-0.2, -0.15) is 5.10 Å². The highest BCUT2D eigenvalue weighted by Gasteiger charge is 2.30. The number of hydrogen-bond acceptors (Lipinski definition) is 4. The van der Waals surface area contributed by atoms with Crippen LogP contribution in [0.3, 0.4) is 0 Å². The van der Waals surface area contributed by atoms with E-state index in [2.05, 4.69) is 25.9 Å². The molecule has 24 heavy (non-hydrogen) atoms. The zero-order valence-electron chi connectivity index (χ0n) is 14.3. The molecule has 0 saturated carbocycles. The molecule has 128 valence electrons. The molecule has 0 unspecified atom stereocenters. The van der Waals surface area contributed by atoms with E-state index in [1.807, 2.05) is 17.6 Å². The molecule has 2 aromatic heterocycles. The lowest BCUT2D eigenvalue weighted by molar-refractivity contribution is -0.137. The number of nitrogens with zero attached hydrogens (tertiary/aromatic N) is 5. The fourth-order valence-corrected chi connectivity index (χ4v) is 3.98. The van der Waals surface area contributed by atoms with E-state index in [1.165, 1.54) is 6.42 Å². The van der Waals surface area contributed by atoms with Crippen LogP contribution in [0.1, 0.15) is 37.8 Å². The standard InChI is InChI=1S/C18H25N5O/c1-14-13-16-17(19-7-12-23(16)20-14)21-10-5-15(6-11-21)18(24)22-8-3-2-4-9-22/h7,12-13,15H,2-6,8-11H2,1H3. The predicted molar refractivity (Wildman–Crippen MR) is 93.1 cm³/mol. The number of carbonyl (C=O) groups is 1. The van der Waals surface area contributed by atoms with Gasteiger partial charge in [-0.1, -0.05) is 0 Å². The van der Waals surface area contributed by atoms with Crippen LogP contribution >= 0.6 is 0 Å². The van der Waals surface area contributed by atoms with Crippen LogP contribution in [-0.4, -0.2) is 51.6 Å². The molecule has 2 aliphatic rings. The van der Waals surface area contributed by atoms with Crippen molar-refractivity contribution in [3.8, 4) is 0 Å². The van der Waals surface area contributed by atoms with Crippen molar-refractivity contribution < 1.29 is 4.79 Å². The van der Waals surface area contributed by atoms with Gasteiger partial charge in [0.15, 0.2) is 5.82 Å². The molecule has 6 heteroatoms. The fourth-order valence-electron chi connectivity index (χ4n) is 3.98. The van der Waals surface area contributed by atoms with Crippen LogP contribution in [0.25, 0.3) is 5.52 Å². The average molecular weight is 327 g/mol. The van der Waals surface area contributed by atoms with Crippen molar-refractivity contribution in [2.45, 2.75) is 39.0 Å². The number of amides is 1. The summed E-state index contributed by atoms with van der Waals surface area (Å²) >= 11 is 0. The molecular formula is C18H25N5O. The van der Waals surface area contributed by atoms with Gasteiger partial charge in [0.1, 0.15) is 5.52 Å². The summed E-state index contributed by atoms with van der Waals surface area (Å²) in [4.78, 5) is 21.7. The SMILES string of the molecule is Cc1cc2c(N3CCC(C(=O)N4CCCCC4)CC3)nccn2n1. The topological polar surface area (TPSA) is 53.7 Å². The summed E-state index contributed by atoms with van der Waals surface area (Å²) in [5, 5.41) is 4.46. The summed E-state index contributed by atoms with van der Waals surface area (Å²) < 4.78 is 1.89. The van der Waals surface area contributed by atoms with E-state index in [-0.39, 0.29) is 5.92 Å². The Hall–Kier alpha value is -2.11. The van der Waals surface area contributed by atoms with Crippen LogP contribution in [-0.2, 0) is 4.79 Å². The third-order valence-electron chi connectivity index (χ3n) is 5.30. The Morgan fingerprint density at radius 1 is 1.12 bits per heavy atom.